The van der Waals surface area contributed by atoms with E-state index in [4.69, 9.17) is 13.4 Å². The maximum atomic E-state index is 15.0. The van der Waals surface area contributed by atoms with E-state index in [0.717, 1.165) is 179 Å². The Labute approximate surface area is 352 Å². The van der Waals surface area contributed by atoms with Crippen LogP contribution in [0.15, 0.2) is 23.1 Å². The number of hydrogen-bond donors (Lipinski definition) is 0. The van der Waals surface area contributed by atoms with Crippen molar-refractivity contribution in [1.82, 2.24) is 0 Å². The number of hydrogen-bond acceptors (Lipinski definition) is 7. The van der Waals surface area contributed by atoms with E-state index >= 15 is 8.42 Å². The Balaban J connectivity index is 3.72. The second-order valence-electron chi connectivity index (χ2n) is 17.1. The molecule has 1 aromatic rings. The van der Waals surface area contributed by atoms with Crippen LogP contribution in [0.4, 0.5) is 0 Å². The normalized spacial score (nSPS) is 12.7. The molecule has 0 atom stereocenters. The van der Waals surface area contributed by atoms with E-state index in [1.54, 1.807) is 0 Å². The van der Waals surface area contributed by atoms with Gasteiger partial charge in [-0.3, -0.25) is 0 Å². The molecule has 0 N–H and O–H groups in total. The van der Waals surface area contributed by atoms with Crippen LogP contribution < -0.4 is 0 Å². The summed E-state index contributed by atoms with van der Waals surface area (Å²) in [6.07, 6.45) is 32.8. The van der Waals surface area contributed by atoms with Gasteiger partial charge in [0.25, 0.3) is 0 Å². The molecule has 0 unspecified atom stereocenters. The molecule has 57 heavy (non-hydrogen) atoms. The molecule has 0 aliphatic carbocycles. The molecule has 334 valence electrons. The molecule has 1 rings (SSSR count). The summed E-state index contributed by atoms with van der Waals surface area (Å²) in [5.74, 6) is -1.25. The molecule has 0 aliphatic heterocycles. The van der Waals surface area contributed by atoms with E-state index in [1.165, 1.54) is 43.9 Å². The van der Waals surface area contributed by atoms with Crippen molar-refractivity contribution >= 4 is 28.9 Å². The standard InChI is InChI=1S/C48H89O7PS/c1-7-13-19-25-27-29-35-53-47(49)44-41-45(48(50)54-36-30-28-26-20-14-8-2)43-46(42-44)57(51,52)55-56(37-31-21-15-9-3,38-32-22-16-10-4,39-33-23-17-11-5)40-34-24-18-12-6/h41-43H,7-40H2,1-6H3. The van der Waals surface area contributed by atoms with Crippen LogP contribution in [0.3, 0.4) is 0 Å². The Kier molecular flexibility index (Phi) is 30.3. The molecule has 0 heterocycles. The summed E-state index contributed by atoms with van der Waals surface area (Å²) in [5, 5.41) is 0. The van der Waals surface area contributed by atoms with Gasteiger partial charge in [0, 0.05) is 0 Å². The molecule has 9 heteroatoms. The molecule has 0 amide bonds. The van der Waals surface area contributed by atoms with Crippen LogP contribution in [0.25, 0.3) is 0 Å². The topological polar surface area (TPSA) is 96.0 Å². The Morgan fingerprint density at radius 1 is 0.421 bits per heavy atom. The van der Waals surface area contributed by atoms with Crippen molar-refractivity contribution in [2.75, 3.05) is 37.9 Å². The van der Waals surface area contributed by atoms with Crippen LogP contribution in [-0.4, -0.2) is 58.2 Å². The summed E-state index contributed by atoms with van der Waals surface area (Å²) in [4.78, 5) is 27.0. The number of rotatable bonds is 39. The summed E-state index contributed by atoms with van der Waals surface area (Å²) in [6.45, 7) is 10.3. The first-order valence-electron chi connectivity index (χ1n) is 24.0. The Morgan fingerprint density at radius 3 is 1.02 bits per heavy atom. The number of carbonyl (C=O) groups excluding carboxylic acids is 2. The maximum absolute atomic E-state index is 15.0. The van der Waals surface area contributed by atoms with Gasteiger partial charge >= 0.3 is 314 Å². The van der Waals surface area contributed by atoms with Crippen LogP contribution in [-0.2, 0) is 23.6 Å². The summed E-state index contributed by atoms with van der Waals surface area (Å²) in [5.41, 5.74) is 0.101. The fraction of sp³-hybridized carbons (Fsp3) is 0.833. The zero-order valence-electron chi connectivity index (χ0n) is 38.0. The minimum absolute atomic E-state index is 0.0503. The molecule has 0 bridgehead atoms. The van der Waals surface area contributed by atoms with Gasteiger partial charge in [-0.2, -0.15) is 0 Å². The Hall–Kier alpha value is -1.50. The zero-order valence-corrected chi connectivity index (χ0v) is 39.7. The summed E-state index contributed by atoms with van der Waals surface area (Å²) < 4.78 is 48.5. The first kappa shape index (κ1) is 53.5. The van der Waals surface area contributed by atoms with Crippen LogP contribution in [0, 0.1) is 0 Å². The summed E-state index contributed by atoms with van der Waals surface area (Å²) in [7, 11) is -4.39. The predicted octanol–water partition coefficient (Wildman–Crippen LogP) is 15.2. The van der Waals surface area contributed by atoms with Gasteiger partial charge in [-0.05, 0) is 0 Å². The van der Waals surface area contributed by atoms with Gasteiger partial charge < -0.3 is 0 Å². The van der Waals surface area contributed by atoms with Crippen molar-refractivity contribution in [3.05, 3.63) is 29.3 Å². The molecule has 0 spiro atoms. The molecule has 0 saturated heterocycles. The van der Waals surface area contributed by atoms with Gasteiger partial charge in [0.1, 0.15) is 0 Å². The van der Waals surface area contributed by atoms with Crippen molar-refractivity contribution < 1.29 is 31.5 Å². The molecular formula is C48H89O7PS. The third kappa shape index (κ3) is 22.6. The fourth-order valence-corrected chi connectivity index (χ4v) is 17.9. The number of unbranched alkanes of at least 4 members (excludes halogenated alkanes) is 22. The Morgan fingerprint density at radius 2 is 0.702 bits per heavy atom. The average molecular weight is 841 g/mol. The third-order valence-corrected chi connectivity index (χ3v) is 20.8. The molecule has 0 aliphatic rings. The van der Waals surface area contributed by atoms with E-state index in [-0.39, 0.29) is 29.2 Å². The second kappa shape index (κ2) is 32.3. The number of esters is 2. The molecule has 7 nitrogen and oxygen atoms in total. The molecule has 0 saturated carbocycles. The SMILES string of the molecule is CCCCCCCCOC(=O)c1cc(C(=O)OCCCCCCCC)cc(S(=O)(=O)OP(CCCCCC)(CCCCCC)(CCCCCC)CCCCCC)c1. The van der Waals surface area contributed by atoms with E-state index in [2.05, 4.69) is 41.5 Å². The van der Waals surface area contributed by atoms with Crippen molar-refractivity contribution in [2.24, 2.45) is 0 Å². The zero-order chi connectivity index (χ0) is 42.1. The molecule has 1 aromatic carbocycles. The van der Waals surface area contributed by atoms with Crippen LogP contribution in [0.5, 0.6) is 0 Å². The number of benzene rings is 1. The quantitative estimate of drug-likeness (QED) is 0.0370. The molecule has 0 aromatic heterocycles. The van der Waals surface area contributed by atoms with Crippen molar-refractivity contribution in [1.29, 1.82) is 0 Å². The van der Waals surface area contributed by atoms with Gasteiger partial charge in [-0.15, -0.1) is 0 Å². The predicted molar refractivity (Wildman–Crippen MR) is 245 cm³/mol. The monoisotopic (exact) mass is 841 g/mol. The van der Waals surface area contributed by atoms with Crippen molar-refractivity contribution in [2.45, 2.75) is 226 Å². The second-order valence-corrected chi connectivity index (χ2v) is 24.6. The molecule has 0 radical (unpaired) electrons. The van der Waals surface area contributed by atoms with Crippen LogP contribution >= 0.6 is 6.83 Å². The van der Waals surface area contributed by atoms with Crippen LogP contribution in [0.1, 0.15) is 242 Å². The van der Waals surface area contributed by atoms with Gasteiger partial charge in [0.15, 0.2) is 0 Å². The van der Waals surface area contributed by atoms with Gasteiger partial charge in [0.2, 0.25) is 0 Å². The first-order valence-corrected chi connectivity index (χ1v) is 28.3. The minimum atomic E-state index is -4.39. The van der Waals surface area contributed by atoms with Crippen molar-refractivity contribution in [3.63, 3.8) is 0 Å². The van der Waals surface area contributed by atoms with E-state index in [9.17, 15) is 9.59 Å². The Bertz CT molecular complexity index is 1190. The fourth-order valence-electron chi connectivity index (χ4n) is 8.13. The number of ether oxygens (including phenoxy) is 2. The van der Waals surface area contributed by atoms with E-state index in [1.807, 2.05) is 0 Å². The van der Waals surface area contributed by atoms with E-state index < -0.39 is 28.9 Å². The van der Waals surface area contributed by atoms with E-state index in [0.29, 0.717) is 0 Å². The molecular weight excluding hydrogens is 752 g/mol. The third-order valence-electron chi connectivity index (χ3n) is 11.7. The van der Waals surface area contributed by atoms with Gasteiger partial charge in [-0.25, -0.2) is 0 Å². The first-order chi connectivity index (χ1) is 27.6. The van der Waals surface area contributed by atoms with Crippen molar-refractivity contribution in [3.8, 4) is 0 Å². The molecule has 0 fully saturated rings. The summed E-state index contributed by atoms with van der Waals surface area (Å²) in [6, 6.07) is 4.21. The average Bonchev–Trinajstić information content (AvgIpc) is 3.20. The van der Waals surface area contributed by atoms with Gasteiger partial charge in [0.05, 0.1) is 0 Å². The number of carbonyl (C=O) groups is 2. The summed E-state index contributed by atoms with van der Waals surface area (Å²) >= 11 is 0. The van der Waals surface area contributed by atoms with Crippen LogP contribution in [0.2, 0.25) is 0 Å². The van der Waals surface area contributed by atoms with Gasteiger partial charge in [-0.1, -0.05) is 39.5 Å².